The SMILES string of the molecule is CC1(C)CCC(c2ccc(F)c(F)c2)N1. The molecular formula is C12H15F2N. The predicted molar refractivity (Wildman–Crippen MR) is 55.5 cm³/mol. The number of halogens is 2. The van der Waals surface area contributed by atoms with E-state index >= 15 is 0 Å². The van der Waals surface area contributed by atoms with E-state index in [4.69, 9.17) is 0 Å². The number of hydrogen-bond donors (Lipinski definition) is 1. The second-order valence-corrected chi connectivity index (χ2v) is 4.79. The summed E-state index contributed by atoms with van der Waals surface area (Å²) in [5.41, 5.74) is 0.926. The summed E-state index contributed by atoms with van der Waals surface area (Å²) < 4.78 is 25.8. The maximum absolute atomic E-state index is 13.0. The molecule has 0 aliphatic carbocycles. The summed E-state index contributed by atoms with van der Waals surface area (Å²) in [6, 6.07) is 4.28. The molecule has 1 aromatic rings. The van der Waals surface area contributed by atoms with Gasteiger partial charge in [0.1, 0.15) is 0 Å². The molecule has 0 saturated carbocycles. The summed E-state index contributed by atoms with van der Waals surface area (Å²) in [6.07, 6.45) is 2.02. The quantitative estimate of drug-likeness (QED) is 0.752. The predicted octanol–water partition coefficient (Wildman–Crippen LogP) is 3.17. The van der Waals surface area contributed by atoms with Crippen LogP contribution in [0.1, 0.15) is 38.3 Å². The molecule has 1 aliphatic heterocycles. The van der Waals surface area contributed by atoms with Gasteiger partial charge in [-0.1, -0.05) is 6.07 Å². The second-order valence-electron chi connectivity index (χ2n) is 4.79. The van der Waals surface area contributed by atoms with Crippen molar-refractivity contribution in [2.45, 2.75) is 38.3 Å². The highest BCUT2D eigenvalue weighted by atomic mass is 19.2. The van der Waals surface area contributed by atoms with Gasteiger partial charge in [0.15, 0.2) is 11.6 Å². The number of benzene rings is 1. The minimum absolute atomic E-state index is 0.0928. The van der Waals surface area contributed by atoms with Crippen molar-refractivity contribution in [3.8, 4) is 0 Å². The lowest BCUT2D eigenvalue weighted by molar-refractivity contribution is 0.431. The molecule has 1 aromatic carbocycles. The van der Waals surface area contributed by atoms with E-state index in [1.54, 1.807) is 6.07 Å². The lowest BCUT2D eigenvalue weighted by Gasteiger charge is -2.20. The van der Waals surface area contributed by atoms with E-state index in [-0.39, 0.29) is 11.6 Å². The van der Waals surface area contributed by atoms with E-state index in [2.05, 4.69) is 19.2 Å². The van der Waals surface area contributed by atoms with Crippen molar-refractivity contribution in [2.24, 2.45) is 0 Å². The molecule has 0 bridgehead atoms. The number of nitrogens with one attached hydrogen (secondary N) is 1. The summed E-state index contributed by atoms with van der Waals surface area (Å²) in [5.74, 6) is -1.55. The fourth-order valence-electron chi connectivity index (χ4n) is 2.10. The summed E-state index contributed by atoms with van der Waals surface area (Å²) in [5, 5.41) is 3.40. The Morgan fingerprint density at radius 2 is 2.00 bits per heavy atom. The van der Waals surface area contributed by atoms with Gasteiger partial charge in [0.25, 0.3) is 0 Å². The highest BCUT2D eigenvalue weighted by Crippen LogP contribution is 2.32. The molecule has 1 N–H and O–H groups in total. The molecule has 2 rings (SSSR count). The van der Waals surface area contributed by atoms with Crippen LogP contribution in [0.3, 0.4) is 0 Å². The van der Waals surface area contributed by atoms with Gasteiger partial charge in [-0.05, 0) is 44.4 Å². The standard InChI is InChI=1S/C12H15F2N/c1-12(2)6-5-11(15-12)8-3-4-9(13)10(14)7-8/h3-4,7,11,15H,5-6H2,1-2H3. The van der Waals surface area contributed by atoms with Crippen molar-refractivity contribution in [2.75, 3.05) is 0 Å². The van der Waals surface area contributed by atoms with E-state index in [1.165, 1.54) is 12.1 Å². The van der Waals surface area contributed by atoms with Crippen LogP contribution in [0, 0.1) is 11.6 Å². The maximum Gasteiger partial charge on any atom is 0.159 e. The van der Waals surface area contributed by atoms with Crippen LogP contribution in [-0.2, 0) is 0 Å². The van der Waals surface area contributed by atoms with Gasteiger partial charge in [-0.3, -0.25) is 0 Å². The smallest absolute Gasteiger partial charge is 0.159 e. The minimum Gasteiger partial charge on any atom is -0.305 e. The Hall–Kier alpha value is -0.960. The van der Waals surface area contributed by atoms with Crippen LogP contribution < -0.4 is 5.32 Å². The molecule has 1 saturated heterocycles. The Bertz CT molecular complexity index is 374. The zero-order chi connectivity index (χ0) is 11.1. The Kier molecular flexibility index (Phi) is 2.51. The van der Waals surface area contributed by atoms with Gasteiger partial charge in [0.2, 0.25) is 0 Å². The second kappa shape index (κ2) is 3.56. The minimum atomic E-state index is -0.781. The van der Waals surface area contributed by atoms with E-state index < -0.39 is 11.6 Å². The molecule has 0 amide bonds. The largest absolute Gasteiger partial charge is 0.305 e. The van der Waals surface area contributed by atoms with E-state index in [1.807, 2.05) is 0 Å². The van der Waals surface area contributed by atoms with Crippen LogP contribution in [0.25, 0.3) is 0 Å². The summed E-state index contributed by atoms with van der Waals surface area (Å²) in [4.78, 5) is 0. The number of hydrogen-bond acceptors (Lipinski definition) is 1. The van der Waals surface area contributed by atoms with Crippen molar-refractivity contribution in [1.82, 2.24) is 5.32 Å². The van der Waals surface area contributed by atoms with Crippen LogP contribution in [0.4, 0.5) is 8.78 Å². The first-order valence-electron chi connectivity index (χ1n) is 5.21. The van der Waals surface area contributed by atoms with Gasteiger partial charge in [-0.25, -0.2) is 8.78 Å². The van der Waals surface area contributed by atoms with Gasteiger partial charge < -0.3 is 5.32 Å². The molecule has 1 nitrogen and oxygen atoms in total. The molecule has 0 spiro atoms. The van der Waals surface area contributed by atoms with Crippen molar-refractivity contribution in [3.05, 3.63) is 35.4 Å². The van der Waals surface area contributed by atoms with E-state index in [0.717, 1.165) is 18.4 Å². The van der Waals surface area contributed by atoms with Crippen LogP contribution in [-0.4, -0.2) is 5.54 Å². The third-order valence-electron chi connectivity index (χ3n) is 2.97. The monoisotopic (exact) mass is 211 g/mol. The maximum atomic E-state index is 13.0. The summed E-state index contributed by atoms with van der Waals surface area (Å²) in [7, 11) is 0. The lowest BCUT2D eigenvalue weighted by Crippen LogP contribution is -2.33. The molecule has 15 heavy (non-hydrogen) atoms. The van der Waals surface area contributed by atoms with E-state index in [9.17, 15) is 8.78 Å². The van der Waals surface area contributed by atoms with Crippen molar-refractivity contribution < 1.29 is 8.78 Å². The Morgan fingerprint density at radius 3 is 2.53 bits per heavy atom. The molecule has 1 heterocycles. The molecule has 0 aromatic heterocycles. The third kappa shape index (κ3) is 2.17. The van der Waals surface area contributed by atoms with Crippen LogP contribution >= 0.6 is 0 Å². The fourth-order valence-corrected chi connectivity index (χ4v) is 2.10. The highest BCUT2D eigenvalue weighted by molar-refractivity contribution is 5.23. The van der Waals surface area contributed by atoms with E-state index in [0.29, 0.717) is 0 Å². The summed E-state index contributed by atoms with van der Waals surface area (Å²) in [6.45, 7) is 4.24. The number of rotatable bonds is 1. The van der Waals surface area contributed by atoms with Crippen LogP contribution in [0.2, 0.25) is 0 Å². The molecule has 1 fully saturated rings. The Labute approximate surface area is 88.5 Å². The highest BCUT2D eigenvalue weighted by Gasteiger charge is 2.30. The molecular weight excluding hydrogens is 196 g/mol. The third-order valence-corrected chi connectivity index (χ3v) is 2.97. The Balaban J connectivity index is 2.21. The fraction of sp³-hybridized carbons (Fsp3) is 0.500. The van der Waals surface area contributed by atoms with Crippen LogP contribution in [0.15, 0.2) is 18.2 Å². The average Bonchev–Trinajstić information content (AvgIpc) is 2.51. The molecule has 0 radical (unpaired) electrons. The van der Waals surface area contributed by atoms with Crippen LogP contribution in [0.5, 0.6) is 0 Å². The van der Waals surface area contributed by atoms with Gasteiger partial charge >= 0.3 is 0 Å². The first-order valence-corrected chi connectivity index (χ1v) is 5.21. The molecule has 3 heteroatoms. The zero-order valence-electron chi connectivity index (χ0n) is 8.98. The van der Waals surface area contributed by atoms with Gasteiger partial charge in [0.05, 0.1) is 0 Å². The first kappa shape index (κ1) is 10.6. The van der Waals surface area contributed by atoms with Crippen molar-refractivity contribution in [1.29, 1.82) is 0 Å². The van der Waals surface area contributed by atoms with Gasteiger partial charge in [-0.2, -0.15) is 0 Å². The van der Waals surface area contributed by atoms with Gasteiger partial charge in [-0.15, -0.1) is 0 Å². The van der Waals surface area contributed by atoms with Crippen molar-refractivity contribution >= 4 is 0 Å². The first-order chi connectivity index (χ1) is 6.98. The molecule has 1 atom stereocenters. The van der Waals surface area contributed by atoms with Crippen molar-refractivity contribution in [3.63, 3.8) is 0 Å². The molecule has 1 aliphatic rings. The average molecular weight is 211 g/mol. The summed E-state index contributed by atoms with van der Waals surface area (Å²) >= 11 is 0. The lowest BCUT2D eigenvalue weighted by atomic mass is 10.0. The molecule has 82 valence electrons. The topological polar surface area (TPSA) is 12.0 Å². The zero-order valence-corrected chi connectivity index (χ0v) is 8.98. The normalized spacial score (nSPS) is 24.4. The Morgan fingerprint density at radius 1 is 1.27 bits per heavy atom. The van der Waals surface area contributed by atoms with Gasteiger partial charge in [0, 0.05) is 11.6 Å². The molecule has 1 unspecified atom stereocenters.